The minimum atomic E-state index is 0. The SMILES string of the molecule is CCNC(=NCCCCCCSC)NCC.I. The highest BCUT2D eigenvalue weighted by Crippen LogP contribution is 2.04. The molecule has 2 N–H and O–H groups in total. The van der Waals surface area contributed by atoms with E-state index in [0.29, 0.717) is 0 Å². The van der Waals surface area contributed by atoms with Gasteiger partial charge in [0.1, 0.15) is 0 Å². The molecule has 0 bridgehead atoms. The van der Waals surface area contributed by atoms with Gasteiger partial charge in [0, 0.05) is 19.6 Å². The summed E-state index contributed by atoms with van der Waals surface area (Å²) in [4.78, 5) is 4.51. The van der Waals surface area contributed by atoms with Gasteiger partial charge in [0.05, 0.1) is 0 Å². The summed E-state index contributed by atoms with van der Waals surface area (Å²) in [7, 11) is 0. The molecule has 0 aromatic rings. The number of guanidine groups is 1. The Morgan fingerprint density at radius 2 is 1.59 bits per heavy atom. The predicted molar refractivity (Wildman–Crippen MR) is 91.9 cm³/mol. The Labute approximate surface area is 128 Å². The highest BCUT2D eigenvalue weighted by molar-refractivity contribution is 14.0. The molecule has 0 aromatic heterocycles. The van der Waals surface area contributed by atoms with Crippen molar-refractivity contribution in [3.05, 3.63) is 0 Å². The minimum absolute atomic E-state index is 0. The van der Waals surface area contributed by atoms with Crippen molar-refractivity contribution in [2.24, 2.45) is 4.99 Å². The van der Waals surface area contributed by atoms with Crippen LogP contribution in [0.4, 0.5) is 0 Å². The van der Waals surface area contributed by atoms with E-state index < -0.39 is 0 Å². The number of rotatable bonds is 9. The smallest absolute Gasteiger partial charge is 0.191 e. The topological polar surface area (TPSA) is 36.4 Å². The van der Waals surface area contributed by atoms with E-state index in [9.17, 15) is 0 Å². The molecule has 104 valence electrons. The summed E-state index contributed by atoms with van der Waals surface area (Å²) in [6.45, 7) is 6.98. The van der Waals surface area contributed by atoms with E-state index in [1.807, 2.05) is 11.8 Å². The molecule has 0 atom stereocenters. The summed E-state index contributed by atoms with van der Waals surface area (Å²) in [5, 5.41) is 6.46. The maximum atomic E-state index is 4.51. The molecule has 0 saturated heterocycles. The quantitative estimate of drug-likeness (QED) is 0.282. The van der Waals surface area contributed by atoms with Crippen LogP contribution in [0, 0.1) is 0 Å². The molecule has 0 aliphatic rings. The van der Waals surface area contributed by atoms with Gasteiger partial charge in [-0.25, -0.2) is 0 Å². The van der Waals surface area contributed by atoms with Gasteiger partial charge in [-0.05, 0) is 38.7 Å². The lowest BCUT2D eigenvalue weighted by Crippen LogP contribution is -2.37. The summed E-state index contributed by atoms with van der Waals surface area (Å²) >= 11 is 1.94. The molecule has 0 aliphatic carbocycles. The lowest BCUT2D eigenvalue weighted by atomic mass is 10.2. The molecule has 0 amide bonds. The molecular weight excluding hydrogens is 345 g/mol. The second-order valence-corrected chi connectivity index (χ2v) is 4.68. The number of nitrogens with zero attached hydrogens (tertiary/aromatic N) is 1. The molecule has 5 heteroatoms. The third-order valence-corrected chi connectivity index (χ3v) is 2.91. The first-order chi connectivity index (χ1) is 7.85. The van der Waals surface area contributed by atoms with Gasteiger partial charge in [-0.3, -0.25) is 4.99 Å². The Bertz CT molecular complexity index is 169. The molecule has 0 saturated carbocycles. The average Bonchev–Trinajstić information content (AvgIpc) is 2.28. The van der Waals surface area contributed by atoms with Crippen LogP contribution in [-0.2, 0) is 0 Å². The highest BCUT2D eigenvalue weighted by atomic mass is 127. The van der Waals surface area contributed by atoms with Crippen LogP contribution >= 0.6 is 35.7 Å². The normalized spacial score (nSPS) is 9.35. The van der Waals surface area contributed by atoms with Gasteiger partial charge in [-0.1, -0.05) is 12.8 Å². The van der Waals surface area contributed by atoms with Crippen LogP contribution in [0.3, 0.4) is 0 Å². The first-order valence-electron chi connectivity index (χ1n) is 6.36. The van der Waals surface area contributed by atoms with Gasteiger partial charge in [-0.15, -0.1) is 24.0 Å². The summed E-state index contributed by atoms with van der Waals surface area (Å²) in [6, 6.07) is 0. The minimum Gasteiger partial charge on any atom is -0.357 e. The number of hydrogen-bond donors (Lipinski definition) is 2. The van der Waals surface area contributed by atoms with Crippen molar-refractivity contribution in [3.8, 4) is 0 Å². The van der Waals surface area contributed by atoms with Crippen molar-refractivity contribution >= 4 is 41.7 Å². The van der Waals surface area contributed by atoms with E-state index in [0.717, 1.165) is 25.6 Å². The number of halogens is 1. The lowest BCUT2D eigenvalue weighted by Gasteiger charge is -2.08. The monoisotopic (exact) mass is 373 g/mol. The van der Waals surface area contributed by atoms with Crippen LogP contribution in [0.25, 0.3) is 0 Å². The van der Waals surface area contributed by atoms with E-state index >= 15 is 0 Å². The molecule has 0 spiro atoms. The summed E-state index contributed by atoms with van der Waals surface area (Å²) in [5.74, 6) is 2.25. The lowest BCUT2D eigenvalue weighted by molar-refractivity contribution is 0.674. The summed E-state index contributed by atoms with van der Waals surface area (Å²) < 4.78 is 0. The van der Waals surface area contributed by atoms with Gasteiger partial charge in [0.25, 0.3) is 0 Å². The predicted octanol–water partition coefficient (Wildman–Crippen LogP) is 3.10. The van der Waals surface area contributed by atoms with Crippen LogP contribution in [0.5, 0.6) is 0 Å². The fraction of sp³-hybridized carbons (Fsp3) is 0.917. The molecule has 0 rings (SSSR count). The van der Waals surface area contributed by atoms with Gasteiger partial charge in [-0.2, -0.15) is 11.8 Å². The van der Waals surface area contributed by atoms with Gasteiger partial charge in [0.2, 0.25) is 0 Å². The third-order valence-electron chi connectivity index (χ3n) is 2.21. The molecule has 0 aliphatic heterocycles. The maximum absolute atomic E-state index is 4.51. The molecule has 0 fully saturated rings. The number of hydrogen-bond acceptors (Lipinski definition) is 2. The van der Waals surface area contributed by atoms with E-state index in [-0.39, 0.29) is 24.0 Å². The van der Waals surface area contributed by atoms with Gasteiger partial charge < -0.3 is 10.6 Å². The fourth-order valence-corrected chi connectivity index (χ4v) is 1.90. The summed E-state index contributed by atoms with van der Waals surface area (Å²) in [6.07, 6.45) is 7.36. The van der Waals surface area contributed by atoms with Crippen molar-refractivity contribution < 1.29 is 0 Å². The average molecular weight is 373 g/mol. The fourth-order valence-electron chi connectivity index (χ4n) is 1.41. The van der Waals surface area contributed by atoms with Crippen LogP contribution in [0.1, 0.15) is 39.5 Å². The number of unbranched alkanes of at least 4 members (excludes halogenated alkanes) is 3. The first-order valence-corrected chi connectivity index (χ1v) is 7.75. The summed E-state index contributed by atoms with van der Waals surface area (Å²) in [5.41, 5.74) is 0. The highest BCUT2D eigenvalue weighted by Gasteiger charge is 1.93. The van der Waals surface area contributed by atoms with Crippen LogP contribution in [0.15, 0.2) is 4.99 Å². The van der Waals surface area contributed by atoms with E-state index in [4.69, 9.17) is 0 Å². The molecule has 0 radical (unpaired) electrons. The van der Waals surface area contributed by atoms with Crippen LogP contribution in [-0.4, -0.2) is 37.6 Å². The number of aliphatic imine (C=N–C) groups is 1. The van der Waals surface area contributed by atoms with Crippen LogP contribution < -0.4 is 10.6 Å². The Morgan fingerprint density at radius 3 is 2.12 bits per heavy atom. The number of thioether (sulfide) groups is 1. The largest absolute Gasteiger partial charge is 0.357 e. The Morgan fingerprint density at radius 1 is 1.00 bits per heavy atom. The zero-order chi connectivity index (χ0) is 12.1. The van der Waals surface area contributed by atoms with Crippen molar-refractivity contribution in [3.63, 3.8) is 0 Å². The van der Waals surface area contributed by atoms with E-state index in [1.54, 1.807) is 0 Å². The molecule has 0 aromatic carbocycles. The second kappa shape index (κ2) is 16.4. The van der Waals surface area contributed by atoms with Crippen LogP contribution in [0.2, 0.25) is 0 Å². The molecule has 3 nitrogen and oxygen atoms in total. The Balaban J connectivity index is 0. The Kier molecular flexibility index (Phi) is 18.9. The first kappa shape index (κ1) is 19.7. The van der Waals surface area contributed by atoms with Crippen molar-refractivity contribution in [1.29, 1.82) is 0 Å². The zero-order valence-electron chi connectivity index (χ0n) is 11.4. The molecule has 17 heavy (non-hydrogen) atoms. The second-order valence-electron chi connectivity index (χ2n) is 3.70. The van der Waals surface area contributed by atoms with Crippen molar-refractivity contribution in [1.82, 2.24) is 10.6 Å². The van der Waals surface area contributed by atoms with Gasteiger partial charge in [0.15, 0.2) is 5.96 Å². The van der Waals surface area contributed by atoms with Crippen molar-refractivity contribution in [2.45, 2.75) is 39.5 Å². The van der Waals surface area contributed by atoms with Gasteiger partial charge >= 0.3 is 0 Å². The van der Waals surface area contributed by atoms with Crippen molar-refractivity contribution in [2.75, 3.05) is 31.6 Å². The maximum Gasteiger partial charge on any atom is 0.191 e. The number of nitrogens with one attached hydrogen (secondary N) is 2. The third kappa shape index (κ3) is 14.3. The van der Waals surface area contributed by atoms with E-state index in [2.05, 4.69) is 35.7 Å². The zero-order valence-corrected chi connectivity index (χ0v) is 14.6. The Hall–Kier alpha value is 0.350. The molecular formula is C12H28IN3S. The standard InChI is InChI=1S/C12H27N3S.HI/c1-4-13-12(14-5-2)15-10-8-6-7-9-11-16-3;/h4-11H2,1-3H3,(H2,13,14,15);1H. The molecule has 0 heterocycles. The van der Waals surface area contributed by atoms with E-state index in [1.165, 1.54) is 31.4 Å². The molecule has 0 unspecified atom stereocenters.